The molecule has 8 heteroatoms. The third-order valence-corrected chi connectivity index (χ3v) is 4.75. The van der Waals surface area contributed by atoms with Crippen LogP contribution in [-0.2, 0) is 11.3 Å². The SMILES string of the molecule is O=C(COc1ccc([N+](=O)[O-])cc1Cl)N(Cc1ccsc1)C1CC1. The van der Waals surface area contributed by atoms with E-state index in [0.717, 1.165) is 18.4 Å². The standard InChI is InChI=1S/C16H15ClN2O4S/c17-14-7-13(19(21)22)3-4-15(14)23-9-16(20)18(12-1-2-12)8-11-5-6-24-10-11/h3-7,10,12H,1-2,8-9H2. The Hall–Kier alpha value is -2.12. The molecule has 24 heavy (non-hydrogen) atoms. The predicted molar refractivity (Wildman–Crippen MR) is 91.5 cm³/mol. The lowest BCUT2D eigenvalue weighted by atomic mass is 10.3. The van der Waals surface area contributed by atoms with Crippen LogP contribution >= 0.6 is 22.9 Å². The summed E-state index contributed by atoms with van der Waals surface area (Å²) < 4.78 is 5.47. The molecule has 1 aliphatic carbocycles. The zero-order valence-corrected chi connectivity index (χ0v) is 14.3. The Bertz CT molecular complexity index is 747. The van der Waals surface area contributed by atoms with Crippen LogP contribution in [0.2, 0.25) is 5.02 Å². The van der Waals surface area contributed by atoms with Crippen molar-refractivity contribution < 1.29 is 14.5 Å². The number of nitro groups is 1. The van der Waals surface area contributed by atoms with Crippen LogP contribution in [-0.4, -0.2) is 28.4 Å². The van der Waals surface area contributed by atoms with Crippen LogP contribution in [0.3, 0.4) is 0 Å². The van der Waals surface area contributed by atoms with Gasteiger partial charge in [0, 0.05) is 24.7 Å². The third-order valence-electron chi connectivity index (χ3n) is 3.72. The Balaban J connectivity index is 1.62. The third kappa shape index (κ3) is 4.04. The van der Waals surface area contributed by atoms with Crippen molar-refractivity contribution in [3.63, 3.8) is 0 Å². The Labute approximate surface area is 147 Å². The fourth-order valence-corrected chi connectivity index (χ4v) is 3.22. The Morgan fingerprint density at radius 2 is 2.21 bits per heavy atom. The Morgan fingerprint density at radius 1 is 1.42 bits per heavy atom. The molecule has 1 aromatic carbocycles. The lowest BCUT2D eigenvalue weighted by Gasteiger charge is -2.22. The summed E-state index contributed by atoms with van der Waals surface area (Å²) in [5, 5.41) is 14.8. The predicted octanol–water partition coefficient (Wildman–Crippen LogP) is 3.88. The van der Waals surface area contributed by atoms with Crippen LogP contribution < -0.4 is 4.74 Å². The monoisotopic (exact) mass is 366 g/mol. The summed E-state index contributed by atoms with van der Waals surface area (Å²) in [5.41, 5.74) is 0.990. The summed E-state index contributed by atoms with van der Waals surface area (Å²) in [6, 6.07) is 6.20. The van der Waals surface area contributed by atoms with Crippen molar-refractivity contribution in [3.8, 4) is 5.75 Å². The first kappa shape index (κ1) is 16.7. The number of nitro benzene ring substituents is 1. The number of hydrogen-bond acceptors (Lipinski definition) is 5. The number of rotatable bonds is 7. The van der Waals surface area contributed by atoms with Crippen molar-refractivity contribution in [3.05, 3.63) is 55.7 Å². The minimum atomic E-state index is -0.531. The number of carbonyl (C=O) groups excluding carboxylic acids is 1. The minimum Gasteiger partial charge on any atom is -0.482 e. The van der Waals surface area contributed by atoms with Crippen LogP contribution in [0.1, 0.15) is 18.4 Å². The van der Waals surface area contributed by atoms with Gasteiger partial charge in [0.05, 0.1) is 9.95 Å². The number of carbonyl (C=O) groups is 1. The van der Waals surface area contributed by atoms with Gasteiger partial charge in [-0.05, 0) is 41.3 Å². The first-order valence-corrected chi connectivity index (χ1v) is 8.74. The van der Waals surface area contributed by atoms with E-state index >= 15 is 0 Å². The molecule has 0 saturated heterocycles. The lowest BCUT2D eigenvalue weighted by molar-refractivity contribution is -0.384. The van der Waals surface area contributed by atoms with Crippen LogP contribution in [0.15, 0.2) is 35.0 Å². The highest BCUT2D eigenvalue weighted by Crippen LogP contribution is 2.31. The van der Waals surface area contributed by atoms with Crippen molar-refractivity contribution in [1.29, 1.82) is 0 Å². The second-order valence-corrected chi connectivity index (χ2v) is 6.73. The van der Waals surface area contributed by atoms with E-state index in [4.69, 9.17) is 16.3 Å². The fourth-order valence-electron chi connectivity index (χ4n) is 2.33. The van der Waals surface area contributed by atoms with Gasteiger partial charge in [-0.1, -0.05) is 11.6 Å². The minimum absolute atomic E-state index is 0.113. The molecule has 0 bridgehead atoms. The molecule has 0 spiro atoms. The van der Waals surface area contributed by atoms with Crippen molar-refractivity contribution in [2.45, 2.75) is 25.4 Å². The fraction of sp³-hybridized carbons (Fsp3) is 0.312. The summed E-state index contributed by atoms with van der Waals surface area (Å²) in [5.74, 6) is 0.153. The number of hydrogen-bond donors (Lipinski definition) is 0. The summed E-state index contributed by atoms with van der Waals surface area (Å²) in [6.45, 7) is 0.433. The van der Waals surface area contributed by atoms with E-state index in [0.29, 0.717) is 6.54 Å². The van der Waals surface area contributed by atoms with Gasteiger partial charge in [-0.2, -0.15) is 11.3 Å². The van der Waals surface area contributed by atoms with Gasteiger partial charge in [0.15, 0.2) is 6.61 Å². The zero-order valence-electron chi connectivity index (χ0n) is 12.7. The van der Waals surface area contributed by atoms with Crippen molar-refractivity contribution in [1.82, 2.24) is 4.90 Å². The molecule has 3 rings (SSSR count). The van der Waals surface area contributed by atoms with E-state index in [1.165, 1.54) is 18.2 Å². The molecule has 1 aromatic heterocycles. The first-order valence-electron chi connectivity index (χ1n) is 7.42. The molecule has 6 nitrogen and oxygen atoms in total. The second-order valence-electron chi connectivity index (χ2n) is 5.54. The average molecular weight is 367 g/mol. The molecule has 126 valence electrons. The highest BCUT2D eigenvalue weighted by Gasteiger charge is 2.32. The molecule has 1 saturated carbocycles. The van der Waals surface area contributed by atoms with Crippen molar-refractivity contribution in [2.24, 2.45) is 0 Å². The molecule has 1 amide bonds. The van der Waals surface area contributed by atoms with E-state index in [1.54, 1.807) is 11.3 Å². The summed E-state index contributed by atoms with van der Waals surface area (Å²) in [6.07, 6.45) is 2.02. The number of nitrogens with zero attached hydrogens (tertiary/aromatic N) is 2. The van der Waals surface area contributed by atoms with Gasteiger partial charge >= 0.3 is 0 Å². The number of ether oxygens (including phenoxy) is 1. The maximum absolute atomic E-state index is 12.5. The molecule has 0 atom stereocenters. The van der Waals surface area contributed by atoms with Crippen LogP contribution in [0.4, 0.5) is 5.69 Å². The van der Waals surface area contributed by atoms with Crippen molar-refractivity contribution >= 4 is 34.5 Å². The van der Waals surface area contributed by atoms with E-state index < -0.39 is 4.92 Å². The quantitative estimate of drug-likeness (QED) is 0.550. The van der Waals surface area contributed by atoms with Crippen molar-refractivity contribution in [2.75, 3.05) is 6.61 Å². The van der Waals surface area contributed by atoms with Crippen LogP contribution in [0.5, 0.6) is 5.75 Å². The summed E-state index contributed by atoms with van der Waals surface area (Å²) in [4.78, 5) is 24.5. The summed E-state index contributed by atoms with van der Waals surface area (Å²) >= 11 is 7.57. The number of thiophene rings is 1. The highest BCUT2D eigenvalue weighted by atomic mass is 35.5. The van der Waals surface area contributed by atoms with Gasteiger partial charge < -0.3 is 9.64 Å². The topological polar surface area (TPSA) is 72.7 Å². The second kappa shape index (κ2) is 7.19. The summed E-state index contributed by atoms with van der Waals surface area (Å²) in [7, 11) is 0. The van der Waals surface area contributed by atoms with Gasteiger partial charge in [-0.25, -0.2) is 0 Å². The van der Waals surface area contributed by atoms with Crippen LogP contribution in [0.25, 0.3) is 0 Å². The van der Waals surface area contributed by atoms with Crippen LogP contribution in [0, 0.1) is 10.1 Å². The zero-order chi connectivity index (χ0) is 17.1. The molecule has 1 heterocycles. The molecule has 0 N–H and O–H groups in total. The Kier molecular flexibility index (Phi) is 5.01. The molecule has 1 fully saturated rings. The molecule has 1 aliphatic rings. The molecule has 0 aliphatic heterocycles. The van der Waals surface area contributed by atoms with Gasteiger partial charge in [0.1, 0.15) is 5.75 Å². The highest BCUT2D eigenvalue weighted by molar-refractivity contribution is 7.07. The smallest absolute Gasteiger partial charge is 0.271 e. The number of amides is 1. The van der Waals surface area contributed by atoms with Gasteiger partial charge in [0.25, 0.3) is 11.6 Å². The number of halogens is 1. The first-order chi connectivity index (χ1) is 11.5. The van der Waals surface area contributed by atoms with Gasteiger partial charge in [-0.3, -0.25) is 14.9 Å². The molecule has 0 radical (unpaired) electrons. The normalized spacial score (nSPS) is 13.5. The average Bonchev–Trinajstić information content (AvgIpc) is 3.27. The van der Waals surface area contributed by atoms with E-state index in [9.17, 15) is 14.9 Å². The van der Waals surface area contributed by atoms with E-state index in [-0.39, 0.29) is 35.0 Å². The van der Waals surface area contributed by atoms with E-state index in [2.05, 4.69) is 0 Å². The number of benzene rings is 1. The molecule has 0 unspecified atom stereocenters. The molecular weight excluding hydrogens is 352 g/mol. The van der Waals surface area contributed by atoms with E-state index in [1.807, 2.05) is 21.7 Å². The largest absolute Gasteiger partial charge is 0.482 e. The maximum atomic E-state index is 12.5. The van der Waals surface area contributed by atoms with Gasteiger partial charge in [-0.15, -0.1) is 0 Å². The number of non-ortho nitro benzene ring substituents is 1. The maximum Gasteiger partial charge on any atom is 0.271 e. The van der Waals surface area contributed by atoms with Gasteiger partial charge in [0.2, 0.25) is 0 Å². The molecule has 2 aromatic rings. The lowest BCUT2D eigenvalue weighted by Crippen LogP contribution is -2.36. The Morgan fingerprint density at radius 3 is 2.79 bits per heavy atom. The molecular formula is C16H15ClN2O4S.